The summed E-state index contributed by atoms with van der Waals surface area (Å²) in [6.45, 7) is 6.22. The molecule has 0 saturated heterocycles. The normalized spacial score (nSPS) is 13.1. The van der Waals surface area contributed by atoms with Crippen molar-refractivity contribution in [3.8, 4) is 5.75 Å². The first-order chi connectivity index (χ1) is 13.3. The number of amides is 2. The minimum Gasteiger partial charge on any atom is -0.497 e. The van der Waals surface area contributed by atoms with Crippen LogP contribution in [0.5, 0.6) is 5.75 Å². The van der Waals surface area contributed by atoms with Crippen LogP contribution in [0, 0.1) is 0 Å². The Labute approximate surface area is 169 Å². The average Bonchev–Trinajstić information content (AvgIpc) is 3.20. The van der Waals surface area contributed by atoms with Gasteiger partial charge in [-0.3, -0.25) is 9.59 Å². The van der Waals surface area contributed by atoms with Crippen LogP contribution in [0.15, 0.2) is 24.3 Å². The highest BCUT2D eigenvalue weighted by atomic mass is 32.1. The molecule has 0 aliphatic heterocycles. The summed E-state index contributed by atoms with van der Waals surface area (Å²) in [6, 6.07) is 7.20. The predicted octanol–water partition coefficient (Wildman–Crippen LogP) is 3.82. The number of rotatable bonds is 6. The minimum absolute atomic E-state index is 0.145. The Morgan fingerprint density at radius 3 is 2.46 bits per heavy atom. The maximum Gasteiger partial charge on any atom is 0.258 e. The maximum atomic E-state index is 13.0. The number of carbonyl (C=O) groups excluding carboxylic acids is 2. The molecule has 0 saturated carbocycles. The van der Waals surface area contributed by atoms with Crippen LogP contribution in [0.2, 0.25) is 0 Å². The fourth-order valence-corrected chi connectivity index (χ4v) is 4.42. The minimum atomic E-state index is -0.191. The van der Waals surface area contributed by atoms with Gasteiger partial charge in [0, 0.05) is 16.1 Å². The first kappa shape index (κ1) is 20.4. The zero-order valence-corrected chi connectivity index (χ0v) is 17.6. The second-order valence-corrected chi connectivity index (χ2v) is 9.00. The molecule has 0 atom stereocenters. The van der Waals surface area contributed by atoms with Gasteiger partial charge in [-0.1, -0.05) is 0 Å². The Hall–Kier alpha value is -2.38. The standard InChI is InChI=1S/C21H27N3O3S/c1-21(2,3)22-12-17(25)24-20-18(15-6-5-7-16(15)28-20)19(26)23-13-8-10-14(27-4)11-9-13/h8-11,22H,5-7,12H2,1-4H3,(H,23,26)(H,24,25). The smallest absolute Gasteiger partial charge is 0.258 e. The molecule has 1 aromatic heterocycles. The number of aryl methyl sites for hydroxylation is 1. The van der Waals surface area contributed by atoms with Crippen molar-refractivity contribution in [3.05, 3.63) is 40.3 Å². The molecule has 1 aromatic carbocycles. The molecule has 0 spiro atoms. The number of anilines is 2. The Morgan fingerprint density at radius 1 is 1.11 bits per heavy atom. The summed E-state index contributed by atoms with van der Waals surface area (Å²) in [5, 5.41) is 9.68. The third-order valence-corrected chi connectivity index (χ3v) is 5.74. The van der Waals surface area contributed by atoms with Crippen LogP contribution in [0.1, 0.15) is 48.0 Å². The topological polar surface area (TPSA) is 79.5 Å². The second kappa shape index (κ2) is 8.32. The molecule has 28 heavy (non-hydrogen) atoms. The second-order valence-electron chi connectivity index (χ2n) is 7.90. The molecule has 1 aliphatic rings. The van der Waals surface area contributed by atoms with Crippen LogP contribution in [-0.4, -0.2) is 31.0 Å². The summed E-state index contributed by atoms with van der Waals surface area (Å²) >= 11 is 1.51. The van der Waals surface area contributed by atoms with E-state index in [1.807, 2.05) is 20.8 Å². The SMILES string of the molecule is COc1ccc(NC(=O)c2c(NC(=O)CNC(C)(C)C)sc3c2CCC3)cc1. The van der Waals surface area contributed by atoms with Gasteiger partial charge in [0.05, 0.1) is 19.2 Å². The average molecular weight is 402 g/mol. The zero-order chi connectivity index (χ0) is 20.3. The molecular formula is C21H27N3O3S. The number of nitrogens with one attached hydrogen (secondary N) is 3. The lowest BCUT2D eigenvalue weighted by Gasteiger charge is -2.20. The largest absolute Gasteiger partial charge is 0.497 e. The lowest BCUT2D eigenvalue weighted by atomic mass is 10.1. The molecule has 2 amide bonds. The van der Waals surface area contributed by atoms with E-state index in [1.54, 1.807) is 31.4 Å². The predicted molar refractivity (Wildman–Crippen MR) is 114 cm³/mol. The molecular weight excluding hydrogens is 374 g/mol. The zero-order valence-electron chi connectivity index (χ0n) is 16.8. The fraction of sp³-hybridized carbons (Fsp3) is 0.429. The van der Waals surface area contributed by atoms with Crippen molar-refractivity contribution < 1.29 is 14.3 Å². The fourth-order valence-electron chi connectivity index (χ4n) is 3.12. The molecule has 7 heteroatoms. The molecule has 6 nitrogen and oxygen atoms in total. The van der Waals surface area contributed by atoms with Crippen LogP contribution in [0.3, 0.4) is 0 Å². The number of fused-ring (bicyclic) bond motifs is 1. The number of benzene rings is 1. The molecule has 3 rings (SSSR count). The first-order valence-corrected chi connectivity index (χ1v) is 10.2. The van der Waals surface area contributed by atoms with Crippen molar-refractivity contribution in [3.63, 3.8) is 0 Å². The molecule has 3 N–H and O–H groups in total. The molecule has 0 unspecified atom stereocenters. The summed E-state index contributed by atoms with van der Waals surface area (Å²) in [6.07, 6.45) is 2.87. The molecule has 0 radical (unpaired) electrons. The maximum absolute atomic E-state index is 13.0. The van der Waals surface area contributed by atoms with Gasteiger partial charge in [0.1, 0.15) is 10.8 Å². The van der Waals surface area contributed by atoms with Crippen molar-refractivity contribution in [1.82, 2.24) is 5.32 Å². The molecule has 1 aliphatic carbocycles. The summed E-state index contributed by atoms with van der Waals surface area (Å²) in [5.74, 6) is 0.394. The summed E-state index contributed by atoms with van der Waals surface area (Å²) in [5.41, 5.74) is 2.20. The summed E-state index contributed by atoms with van der Waals surface area (Å²) in [7, 11) is 1.60. The van der Waals surface area contributed by atoms with Crippen molar-refractivity contribution in [2.24, 2.45) is 0 Å². The number of ether oxygens (including phenoxy) is 1. The van der Waals surface area contributed by atoms with Gasteiger partial charge < -0.3 is 20.7 Å². The van der Waals surface area contributed by atoms with Crippen molar-refractivity contribution in [2.45, 2.75) is 45.6 Å². The van der Waals surface area contributed by atoms with Gasteiger partial charge in [0.15, 0.2) is 0 Å². The first-order valence-electron chi connectivity index (χ1n) is 9.41. The summed E-state index contributed by atoms with van der Waals surface area (Å²) < 4.78 is 5.15. The van der Waals surface area contributed by atoms with E-state index in [2.05, 4.69) is 16.0 Å². The van der Waals surface area contributed by atoms with E-state index in [0.29, 0.717) is 16.3 Å². The highest BCUT2D eigenvalue weighted by molar-refractivity contribution is 7.17. The number of hydrogen-bond acceptors (Lipinski definition) is 5. The van der Waals surface area contributed by atoms with Gasteiger partial charge in [-0.05, 0) is 69.9 Å². The third-order valence-electron chi connectivity index (χ3n) is 4.53. The number of hydrogen-bond donors (Lipinski definition) is 3. The number of carbonyl (C=O) groups is 2. The van der Waals surface area contributed by atoms with Crippen LogP contribution in [-0.2, 0) is 17.6 Å². The highest BCUT2D eigenvalue weighted by Gasteiger charge is 2.27. The van der Waals surface area contributed by atoms with Gasteiger partial charge in [-0.2, -0.15) is 0 Å². The Bertz CT molecular complexity index is 866. The van der Waals surface area contributed by atoms with Gasteiger partial charge in [-0.25, -0.2) is 0 Å². The molecule has 150 valence electrons. The molecule has 1 heterocycles. The van der Waals surface area contributed by atoms with E-state index in [4.69, 9.17) is 4.74 Å². The van der Waals surface area contributed by atoms with Crippen molar-refractivity contribution >= 4 is 33.8 Å². The van der Waals surface area contributed by atoms with Gasteiger partial charge >= 0.3 is 0 Å². The number of methoxy groups -OCH3 is 1. The van der Waals surface area contributed by atoms with Crippen molar-refractivity contribution in [2.75, 3.05) is 24.3 Å². The third kappa shape index (κ3) is 4.91. The van der Waals surface area contributed by atoms with Gasteiger partial charge in [0.25, 0.3) is 5.91 Å². The van der Waals surface area contributed by atoms with E-state index < -0.39 is 0 Å². The van der Waals surface area contributed by atoms with E-state index in [1.165, 1.54) is 16.2 Å². The Kier molecular flexibility index (Phi) is 6.05. The van der Waals surface area contributed by atoms with E-state index in [9.17, 15) is 9.59 Å². The quantitative estimate of drug-likeness (QED) is 0.687. The van der Waals surface area contributed by atoms with E-state index >= 15 is 0 Å². The molecule has 0 fully saturated rings. The Balaban J connectivity index is 1.77. The molecule has 0 bridgehead atoms. The van der Waals surface area contributed by atoms with Gasteiger partial charge in [-0.15, -0.1) is 11.3 Å². The monoisotopic (exact) mass is 401 g/mol. The Morgan fingerprint density at radius 2 is 1.82 bits per heavy atom. The molecule has 2 aromatic rings. The summed E-state index contributed by atoms with van der Waals surface area (Å²) in [4.78, 5) is 26.6. The van der Waals surface area contributed by atoms with Gasteiger partial charge in [0.2, 0.25) is 5.91 Å². The highest BCUT2D eigenvalue weighted by Crippen LogP contribution is 2.39. The number of thiophene rings is 1. The van der Waals surface area contributed by atoms with Crippen LogP contribution < -0.4 is 20.7 Å². The van der Waals surface area contributed by atoms with E-state index in [-0.39, 0.29) is 23.9 Å². The van der Waals surface area contributed by atoms with Crippen molar-refractivity contribution in [1.29, 1.82) is 0 Å². The lowest BCUT2D eigenvalue weighted by Crippen LogP contribution is -2.41. The van der Waals surface area contributed by atoms with E-state index in [0.717, 1.165) is 30.6 Å². The van der Waals surface area contributed by atoms with Crippen LogP contribution in [0.4, 0.5) is 10.7 Å². The lowest BCUT2D eigenvalue weighted by molar-refractivity contribution is -0.115. The van der Waals surface area contributed by atoms with Crippen LogP contribution >= 0.6 is 11.3 Å². The van der Waals surface area contributed by atoms with Crippen LogP contribution in [0.25, 0.3) is 0 Å².